The summed E-state index contributed by atoms with van der Waals surface area (Å²) in [6.07, 6.45) is 4.61. The Morgan fingerprint density at radius 3 is 2.75 bits per heavy atom. The van der Waals surface area contributed by atoms with Gasteiger partial charge >= 0.3 is 0 Å². The van der Waals surface area contributed by atoms with Gasteiger partial charge < -0.3 is 10.1 Å². The first-order valence-corrected chi connectivity index (χ1v) is 8.62. The molecule has 28 heavy (non-hydrogen) atoms. The molecule has 0 aliphatic heterocycles. The van der Waals surface area contributed by atoms with Gasteiger partial charge in [-0.3, -0.25) is 4.98 Å². The zero-order valence-corrected chi connectivity index (χ0v) is 15.5. The van der Waals surface area contributed by atoms with Crippen LogP contribution in [0.5, 0.6) is 5.75 Å². The molecule has 1 fully saturated rings. The highest BCUT2D eigenvalue weighted by molar-refractivity contribution is 5.85. The highest BCUT2D eigenvalue weighted by Crippen LogP contribution is 2.28. The lowest BCUT2D eigenvalue weighted by molar-refractivity contribution is 0.0793. The van der Waals surface area contributed by atoms with Gasteiger partial charge in [-0.05, 0) is 48.6 Å². The molecule has 2 heterocycles. The van der Waals surface area contributed by atoms with E-state index in [0.29, 0.717) is 24.9 Å². The van der Waals surface area contributed by atoms with Crippen molar-refractivity contribution in [3.05, 3.63) is 65.7 Å². The molecule has 1 aromatic carbocycles. The molecule has 1 N–H and O–H groups in total. The molecule has 3 aromatic rings. The van der Waals surface area contributed by atoms with Gasteiger partial charge in [-0.2, -0.15) is 9.65 Å². The van der Waals surface area contributed by atoms with Crippen molar-refractivity contribution in [2.24, 2.45) is 0 Å². The van der Waals surface area contributed by atoms with E-state index in [1.807, 2.05) is 6.07 Å². The van der Waals surface area contributed by atoms with Crippen molar-refractivity contribution in [1.29, 1.82) is 5.26 Å². The summed E-state index contributed by atoms with van der Waals surface area (Å²) in [5.74, 6) is -0.985. The Hall–Kier alpha value is -2.82. The van der Waals surface area contributed by atoms with E-state index >= 15 is 0 Å². The summed E-state index contributed by atoms with van der Waals surface area (Å²) in [7, 11) is 0. The molecule has 0 unspecified atom stereocenters. The van der Waals surface area contributed by atoms with Crippen LogP contribution in [0.15, 0.2) is 42.7 Å². The first-order valence-electron chi connectivity index (χ1n) is 8.62. The molecule has 1 saturated carbocycles. The molecule has 4 rings (SSSR count). The summed E-state index contributed by atoms with van der Waals surface area (Å²) >= 11 is 0. The third-order valence-corrected chi connectivity index (χ3v) is 4.76. The maximum atomic E-state index is 14.2. The van der Waals surface area contributed by atoms with Crippen molar-refractivity contribution in [3.8, 4) is 11.8 Å². The standard InChI is InChI=1S/C20H16F2N4O.ClH/c21-18-3-1-12-10-24-6-5-16(12)17(18)11-25-14-7-15(8-14)27-19-4-2-13(9-23)26-20(19)22;/h1-6,10,14-15,25H,7-8,11H2;1H. The number of ether oxygens (including phenoxy) is 1. The molecular weight excluding hydrogens is 386 g/mol. The van der Waals surface area contributed by atoms with Crippen LogP contribution in [0.25, 0.3) is 10.8 Å². The van der Waals surface area contributed by atoms with E-state index in [1.54, 1.807) is 24.5 Å². The second-order valence-electron chi connectivity index (χ2n) is 6.51. The maximum absolute atomic E-state index is 14.2. The van der Waals surface area contributed by atoms with Gasteiger partial charge in [-0.15, -0.1) is 12.4 Å². The fourth-order valence-corrected chi connectivity index (χ4v) is 3.21. The molecule has 1 aliphatic carbocycles. The van der Waals surface area contributed by atoms with E-state index < -0.39 is 5.95 Å². The average molecular weight is 403 g/mol. The normalized spacial score (nSPS) is 18.0. The molecule has 0 atom stereocenters. The lowest BCUT2D eigenvalue weighted by atomic mass is 9.89. The third-order valence-electron chi connectivity index (χ3n) is 4.76. The van der Waals surface area contributed by atoms with E-state index in [0.717, 1.165) is 10.8 Å². The monoisotopic (exact) mass is 402 g/mol. The van der Waals surface area contributed by atoms with Crippen molar-refractivity contribution >= 4 is 23.2 Å². The zero-order valence-electron chi connectivity index (χ0n) is 14.7. The number of rotatable bonds is 5. The van der Waals surface area contributed by atoms with E-state index in [9.17, 15) is 8.78 Å². The molecule has 2 aromatic heterocycles. The van der Waals surface area contributed by atoms with Crippen LogP contribution in [-0.2, 0) is 6.54 Å². The van der Waals surface area contributed by atoms with E-state index in [4.69, 9.17) is 10.00 Å². The Balaban J connectivity index is 0.00000225. The third kappa shape index (κ3) is 4.03. The minimum atomic E-state index is -0.781. The van der Waals surface area contributed by atoms with Crippen molar-refractivity contribution in [3.63, 3.8) is 0 Å². The highest BCUT2D eigenvalue weighted by Gasteiger charge is 2.31. The predicted molar refractivity (Wildman–Crippen MR) is 102 cm³/mol. The van der Waals surface area contributed by atoms with Crippen molar-refractivity contribution in [2.45, 2.75) is 31.5 Å². The summed E-state index contributed by atoms with van der Waals surface area (Å²) in [6, 6.07) is 9.77. The highest BCUT2D eigenvalue weighted by atomic mass is 35.5. The minimum absolute atomic E-state index is 0. The molecule has 0 bridgehead atoms. The molecule has 8 heteroatoms. The van der Waals surface area contributed by atoms with Gasteiger partial charge in [-0.25, -0.2) is 9.37 Å². The number of nitrogens with one attached hydrogen (secondary N) is 1. The average Bonchev–Trinajstić information content (AvgIpc) is 2.65. The number of hydrogen-bond acceptors (Lipinski definition) is 5. The van der Waals surface area contributed by atoms with Crippen LogP contribution in [0, 0.1) is 23.1 Å². The van der Waals surface area contributed by atoms with Gasteiger partial charge in [0, 0.05) is 35.9 Å². The minimum Gasteiger partial charge on any atom is -0.486 e. The summed E-state index contributed by atoms with van der Waals surface area (Å²) in [5.41, 5.74) is 0.627. The number of pyridine rings is 2. The van der Waals surface area contributed by atoms with Crippen LogP contribution in [-0.4, -0.2) is 22.1 Å². The summed E-state index contributed by atoms with van der Waals surface area (Å²) < 4.78 is 33.6. The number of fused-ring (bicyclic) bond motifs is 1. The van der Waals surface area contributed by atoms with Crippen LogP contribution in [0.1, 0.15) is 24.1 Å². The van der Waals surface area contributed by atoms with Gasteiger partial charge in [0.1, 0.15) is 23.7 Å². The second-order valence-corrected chi connectivity index (χ2v) is 6.51. The maximum Gasteiger partial charge on any atom is 0.256 e. The number of nitrogens with zero attached hydrogens (tertiary/aromatic N) is 3. The Labute approximate surface area is 166 Å². The quantitative estimate of drug-likeness (QED) is 0.655. The van der Waals surface area contributed by atoms with Crippen molar-refractivity contribution in [2.75, 3.05) is 0 Å². The van der Waals surface area contributed by atoms with Crippen LogP contribution in [0.2, 0.25) is 0 Å². The van der Waals surface area contributed by atoms with Gasteiger partial charge in [-0.1, -0.05) is 0 Å². The Kier molecular flexibility index (Phi) is 6.02. The second kappa shape index (κ2) is 8.46. The Morgan fingerprint density at radius 1 is 1.18 bits per heavy atom. The molecule has 5 nitrogen and oxygen atoms in total. The van der Waals surface area contributed by atoms with E-state index in [1.165, 1.54) is 18.2 Å². The molecule has 144 valence electrons. The molecule has 0 radical (unpaired) electrons. The molecule has 0 spiro atoms. The summed E-state index contributed by atoms with van der Waals surface area (Å²) in [6.45, 7) is 0.400. The van der Waals surface area contributed by atoms with E-state index in [2.05, 4.69) is 15.3 Å². The Bertz CT molecular complexity index is 1030. The van der Waals surface area contributed by atoms with E-state index in [-0.39, 0.29) is 41.8 Å². The number of aromatic nitrogens is 2. The smallest absolute Gasteiger partial charge is 0.256 e. The number of benzene rings is 1. The van der Waals surface area contributed by atoms with Crippen LogP contribution in [0.3, 0.4) is 0 Å². The predicted octanol–water partition coefficient (Wildman–Crippen LogP) is 3.90. The molecular formula is C20H17ClF2N4O. The largest absolute Gasteiger partial charge is 0.486 e. The molecule has 1 aliphatic rings. The SMILES string of the molecule is Cl.N#Cc1ccc(OC2CC(NCc3c(F)ccc4cnccc34)C2)c(F)n1. The lowest BCUT2D eigenvalue weighted by Gasteiger charge is -2.36. The fourth-order valence-electron chi connectivity index (χ4n) is 3.21. The number of hydrogen-bond donors (Lipinski definition) is 1. The van der Waals surface area contributed by atoms with Crippen molar-refractivity contribution < 1.29 is 13.5 Å². The first-order chi connectivity index (χ1) is 13.1. The number of halogens is 3. The molecule has 0 amide bonds. The zero-order chi connectivity index (χ0) is 18.8. The topological polar surface area (TPSA) is 70.8 Å². The lowest BCUT2D eigenvalue weighted by Crippen LogP contribution is -2.46. The fraction of sp³-hybridized carbons (Fsp3) is 0.250. The Morgan fingerprint density at radius 2 is 2.00 bits per heavy atom. The van der Waals surface area contributed by atoms with Gasteiger partial charge in [0.2, 0.25) is 0 Å². The summed E-state index contributed by atoms with van der Waals surface area (Å²) in [5, 5.41) is 13.8. The van der Waals surface area contributed by atoms with Gasteiger partial charge in [0.05, 0.1) is 0 Å². The van der Waals surface area contributed by atoms with Crippen LogP contribution in [0.4, 0.5) is 8.78 Å². The van der Waals surface area contributed by atoms with Crippen LogP contribution < -0.4 is 10.1 Å². The first kappa shape index (κ1) is 19.9. The van der Waals surface area contributed by atoms with Gasteiger partial charge in [0.15, 0.2) is 5.75 Å². The van der Waals surface area contributed by atoms with Crippen molar-refractivity contribution in [1.82, 2.24) is 15.3 Å². The number of nitriles is 1. The van der Waals surface area contributed by atoms with Crippen LogP contribution >= 0.6 is 12.4 Å². The molecule has 0 saturated heterocycles. The van der Waals surface area contributed by atoms with Gasteiger partial charge in [0.25, 0.3) is 5.95 Å². The summed E-state index contributed by atoms with van der Waals surface area (Å²) in [4.78, 5) is 7.58.